The zero-order valence-electron chi connectivity index (χ0n) is 12.7. The first kappa shape index (κ1) is 18.1. The van der Waals surface area contributed by atoms with Crippen LogP contribution in [0.3, 0.4) is 0 Å². The van der Waals surface area contributed by atoms with Crippen molar-refractivity contribution in [1.29, 1.82) is 5.41 Å². The Morgan fingerprint density at radius 2 is 1.95 bits per heavy atom. The predicted molar refractivity (Wildman–Crippen MR) is 83.5 cm³/mol. The van der Waals surface area contributed by atoms with Gasteiger partial charge in [-0.25, -0.2) is 0 Å². The van der Waals surface area contributed by atoms with Gasteiger partial charge in [-0.1, -0.05) is 13.8 Å². The van der Waals surface area contributed by atoms with Crippen LogP contribution >= 0.6 is 11.8 Å². The fraction of sp³-hybridized carbons (Fsp3) is 0.846. The monoisotopic (exact) mass is 288 g/mol. The second-order valence-corrected chi connectivity index (χ2v) is 6.46. The number of nitrogens with two attached hydrogens (primary N) is 1. The van der Waals surface area contributed by atoms with Crippen LogP contribution in [0.2, 0.25) is 0 Å². The van der Waals surface area contributed by atoms with E-state index in [2.05, 4.69) is 19.2 Å². The molecule has 6 heteroatoms. The molecule has 1 atom stereocenters. The lowest BCUT2D eigenvalue weighted by Crippen LogP contribution is -2.40. The number of rotatable bonds is 8. The summed E-state index contributed by atoms with van der Waals surface area (Å²) in [5.74, 6) is 2.26. The number of amides is 1. The van der Waals surface area contributed by atoms with E-state index in [1.54, 1.807) is 11.8 Å². The van der Waals surface area contributed by atoms with Gasteiger partial charge in [0.1, 0.15) is 0 Å². The number of hydrogen-bond donors (Lipinski definition) is 3. The van der Waals surface area contributed by atoms with Crippen LogP contribution in [-0.2, 0) is 4.79 Å². The van der Waals surface area contributed by atoms with Crippen molar-refractivity contribution in [2.24, 2.45) is 17.6 Å². The number of carbonyl (C=O) groups excluding carboxylic acids is 1. The van der Waals surface area contributed by atoms with Crippen molar-refractivity contribution in [2.75, 3.05) is 25.1 Å². The van der Waals surface area contributed by atoms with Gasteiger partial charge in [0.2, 0.25) is 5.91 Å². The average molecular weight is 288 g/mol. The van der Waals surface area contributed by atoms with Gasteiger partial charge < -0.3 is 16.0 Å². The van der Waals surface area contributed by atoms with Gasteiger partial charge in [0.05, 0.1) is 0 Å². The maximum absolute atomic E-state index is 12.3. The van der Waals surface area contributed by atoms with Crippen LogP contribution in [0.15, 0.2) is 0 Å². The number of carbonyl (C=O) groups is 1. The van der Waals surface area contributed by atoms with Crippen LogP contribution in [0, 0.1) is 17.2 Å². The summed E-state index contributed by atoms with van der Waals surface area (Å²) in [5, 5.41) is 9.81. The van der Waals surface area contributed by atoms with E-state index in [4.69, 9.17) is 11.1 Å². The number of thioether (sulfide) groups is 1. The van der Waals surface area contributed by atoms with Crippen molar-refractivity contribution >= 4 is 23.6 Å². The highest BCUT2D eigenvalue weighted by molar-refractivity contribution is 7.99. The van der Waals surface area contributed by atoms with Crippen molar-refractivity contribution < 1.29 is 4.79 Å². The molecule has 0 saturated heterocycles. The van der Waals surface area contributed by atoms with Crippen molar-refractivity contribution in [3.8, 4) is 0 Å². The minimum absolute atomic E-state index is 0.00312. The Balaban J connectivity index is 4.20. The first-order valence-electron chi connectivity index (χ1n) is 6.69. The summed E-state index contributed by atoms with van der Waals surface area (Å²) in [4.78, 5) is 14.2. The molecule has 19 heavy (non-hydrogen) atoms. The van der Waals surface area contributed by atoms with Gasteiger partial charge in [-0.2, -0.15) is 11.8 Å². The molecule has 0 heterocycles. The molecule has 0 bridgehead atoms. The third-order valence-electron chi connectivity index (χ3n) is 3.10. The highest BCUT2D eigenvalue weighted by atomic mass is 32.2. The van der Waals surface area contributed by atoms with Gasteiger partial charge in [0.15, 0.2) is 5.96 Å². The summed E-state index contributed by atoms with van der Waals surface area (Å²) in [5.41, 5.74) is 5.21. The minimum Gasteiger partial charge on any atom is -0.370 e. The van der Waals surface area contributed by atoms with E-state index in [1.807, 2.05) is 25.8 Å². The van der Waals surface area contributed by atoms with Gasteiger partial charge in [0, 0.05) is 37.1 Å². The largest absolute Gasteiger partial charge is 0.370 e. The van der Waals surface area contributed by atoms with Gasteiger partial charge >= 0.3 is 0 Å². The Morgan fingerprint density at radius 1 is 1.37 bits per heavy atom. The van der Waals surface area contributed by atoms with Gasteiger partial charge in [0.25, 0.3) is 0 Å². The summed E-state index contributed by atoms with van der Waals surface area (Å²) < 4.78 is 0. The summed E-state index contributed by atoms with van der Waals surface area (Å²) in [7, 11) is 1.87. The first-order valence-corrected chi connectivity index (χ1v) is 7.85. The summed E-state index contributed by atoms with van der Waals surface area (Å²) in [6.07, 6.45) is 0. The standard InChI is InChI=1S/C13H28N4OS/c1-9(2)11(12(18)17(5)10(3)4)8-19-7-6-16-13(14)15/h9-11H,6-8H2,1-5H3,(H4,14,15,16)/t11-/m0/s1. The topological polar surface area (TPSA) is 82.2 Å². The molecule has 0 saturated carbocycles. The van der Waals surface area contributed by atoms with E-state index in [1.165, 1.54) is 0 Å². The summed E-state index contributed by atoms with van der Waals surface area (Å²) in [6, 6.07) is 0.234. The van der Waals surface area contributed by atoms with Crippen molar-refractivity contribution in [3.05, 3.63) is 0 Å². The van der Waals surface area contributed by atoms with Crippen molar-refractivity contribution in [1.82, 2.24) is 10.2 Å². The van der Waals surface area contributed by atoms with Crippen LogP contribution in [0.5, 0.6) is 0 Å². The normalized spacial score (nSPS) is 12.6. The zero-order chi connectivity index (χ0) is 15.0. The quantitative estimate of drug-likeness (QED) is 0.358. The molecule has 0 aromatic heterocycles. The molecule has 1 amide bonds. The van der Waals surface area contributed by atoms with Crippen LogP contribution in [0.1, 0.15) is 27.7 Å². The molecule has 0 aromatic rings. The van der Waals surface area contributed by atoms with Gasteiger partial charge in [-0.15, -0.1) is 0 Å². The molecule has 112 valence electrons. The molecule has 5 nitrogen and oxygen atoms in total. The molecule has 0 fully saturated rings. The lowest BCUT2D eigenvalue weighted by atomic mass is 9.96. The van der Waals surface area contributed by atoms with Crippen LogP contribution in [0.4, 0.5) is 0 Å². The zero-order valence-corrected chi connectivity index (χ0v) is 13.5. The minimum atomic E-state index is -0.00312. The Hall–Kier alpha value is -0.910. The summed E-state index contributed by atoms with van der Waals surface area (Å²) >= 11 is 1.73. The number of nitrogens with zero attached hydrogens (tertiary/aromatic N) is 1. The molecule has 0 aliphatic rings. The smallest absolute Gasteiger partial charge is 0.226 e. The fourth-order valence-electron chi connectivity index (χ4n) is 1.53. The maximum Gasteiger partial charge on any atom is 0.226 e. The van der Waals surface area contributed by atoms with Gasteiger partial charge in [-0.05, 0) is 19.8 Å². The number of nitrogens with one attached hydrogen (secondary N) is 2. The molecular weight excluding hydrogens is 260 g/mol. The third-order valence-corrected chi connectivity index (χ3v) is 4.19. The molecule has 0 spiro atoms. The van der Waals surface area contributed by atoms with E-state index in [-0.39, 0.29) is 23.8 Å². The van der Waals surface area contributed by atoms with Crippen molar-refractivity contribution in [2.45, 2.75) is 33.7 Å². The Kier molecular flexibility index (Phi) is 8.63. The molecule has 0 radical (unpaired) electrons. The maximum atomic E-state index is 12.3. The van der Waals surface area contributed by atoms with E-state index in [0.29, 0.717) is 12.5 Å². The third kappa shape index (κ3) is 7.30. The van der Waals surface area contributed by atoms with E-state index in [9.17, 15) is 4.79 Å². The molecule has 0 rings (SSSR count). The Morgan fingerprint density at radius 3 is 2.37 bits per heavy atom. The highest BCUT2D eigenvalue weighted by Crippen LogP contribution is 2.20. The molecule has 4 N–H and O–H groups in total. The number of hydrogen-bond acceptors (Lipinski definition) is 3. The predicted octanol–water partition coefficient (Wildman–Crippen LogP) is 1.34. The lowest BCUT2D eigenvalue weighted by Gasteiger charge is -2.28. The molecule has 0 aliphatic carbocycles. The molecule has 0 unspecified atom stereocenters. The van der Waals surface area contributed by atoms with Crippen LogP contribution < -0.4 is 11.1 Å². The molecule has 0 aromatic carbocycles. The lowest BCUT2D eigenvalue weighted by molar-refractivity contribution is -0.136. The van der Waals surface area contributed by atoms with E-state index in [0.717, 1.165) is 11.5 Å². The second kappa shape index (κ2) is 9.07. The van der Waals surface area contributed by atoms with Crippen LogP contribution in [0.25, 0.3) is 0 Å². The fourth-order valence-corrected chi connectivity index (χ4v) is 2.73. The average Bonchev–Trinajstić information content (AvgIpc) is 2.30. The second-order valence-electron chi connectivity index (χ2n) is 5.31. The first-order chi connectivity index (χ1) is 8.77. The van der Waals surface area contributed by atoms with Gasteiger partial charge in [-0.3, -0.25) is 10.2 Å². The molecule has 0 aliphatic heterocycles. The number of guanidine groups is 1. The highest BCUT2D eigenvalue weighted by Gasteiger charge is 2.26. The SMILES string of the molecule is CC(C)[C@H](CSCCNC(=N)N)C(=O)N(C)C(C)C. The van der Waals surface area contributed by atoms with E-state index >= 15 is 0 Å². The van der Waals surface area contributed by atoms with E-state index < -0.39 is 0 Å². The Labute approximate surface area is 121 Å². The molecular formula is C13H28N4OS. The van der Waals surface area contributed by atoms with Crippen LogP contribution in [-0.4, -0.2) is 47.9 Å². The summed E-state index contributed by atoms with van der Waals surface area (Å²) in [6.45, 7) is 8.90. The Bertz CT molecular complexity index is 294. The van der Waals surface area contributed by atoms with Crippen molar-refractivity contribution in [3.63, 3.8) is 0 Å².